The lowest BCUT2D eigenvalue weighted by Gasteiger charge is -2.26. The predicted molar refractivity (Wildman–Crippen MR) is 90.4 cm³/mol. The van der Waals surface area contributed by atoms with Gasteiger partial charge in [-0.1, -0.05) is 0 Å². The van der Waals surface area contributed by atoms with E-state index in [2.05, 4.69) is 0 Å². The normalized spacial score (nSPS) is 43.6. The maximum absolute atomic E-state index is 12.4. The van der Waals surface area contributed by atoms with Crippen LogP contribution in [0, 0.1) is 0 Å². The molecular weight excluding hydrogens is 424 g/mol. The van der Waals surface area contributed by atoms with E-state index in [1.54, 1.807) is 0 Å². The molecule has 4 fully saturated rings. The average molecular weight is 444 g/mol. The van der Waals surface area contributed by atoms with E-state index in [9.17, 15) is 30.0 Å². The fraction of sp³-hybridized carbons (Fsp3) is 0.667. The van der Waals surface area contributed by atoms with Crippen molar-refractivity contribution in [2.75, 3.05) is 26.4 Å². The summed E-state index contributed by atoms with van der Waals surface area (Å²) in [6.07, 6.45) is -5.74. The van der Waals surface area contributed by atoms with Crippen LogP contribution in [0.4, 0.5) is 0 Å². The van der Waals surface area contributed by atoms with E-state index in [0.717, 1.165) is 12.1 Å². The number of hydrogen-bond donors (Lipinski definition) is 4. The SMILES string of the molecule is O=C(O[C@@]1(O)CO[C@@H]2[C@H](O)CO[C@@H]21)c1ccc(C(=O)O[C@@]2(O)CO[C@@H]3[C@H](O)CO[C@@H]32)o1. The van der Waals surface area contributed by atoms with Crippen molar-refractivity contribution in [1.29, 1.82) is 0 Å². The van der Waals surface area contributed by atoms with Crippen LogP contribution >= 0.6 is 0 Å². The third-order valence-electron chi connectivity index (χ3n) is 5.65. The van der Waals surface area contributed by atoms with Gasteiger partial charge < -0.3 is 53.3 Å². The molecule has 0 unspecified atom stereocenters. The lowest BCUT2D eigenvalue weighted by molar-refractivity contribution is -0.212. The fourth-order valence-electron chi connectivity index (χ4n) is 4.11. The van der Waals surface area contributed by atoms with Crippen LogP contribution in [0.25, 0.3) is 0 Å². The van der Waals surface area contributed by atoms with Gasteiger partial charge in [-0.15, -0.1) is 0 Å². The zero-order valence-corrected chi connectivity index (χ0v) is 15.9. The first-order valence-corrected chi connectivity index (χ1v) is 9.54. The van der Waals surface area contributed by atoms with Gasteiger partial charge in [-0.2, -0.15) is 0 Å². The van der Waals surface area contributed by atoms with Crippen molar-refractivity contribution in [2.45, 2.75) is 48.2 Å². The molecule has 5 heterocycles. The zero-order valence-electron chi connectivity index (χ0n) is 15.9. The summed E-state index contributed by atoms with van der Waals surface area (Å²) in [5, 5.41) is 40.5. The maximum atomic E-state index is 12.4. The molecular formula is C18H20O13. The Morgan fingerprint density at radius 1 is 0.806 bits per heavy atom. The molecule has 13 nitrogen and oxygen atoms in total. The number of ether oxygens (including phenoxy) is 6. The van der Waals surface area contributed by atoms with Crippen molar-refractivity contribution >= 4 is 11.9 Å². The van der Waals surface area contributed by atoms with Crippen molar-refractivity contribution in [2.24, 2.45) is 0 Å². The second-order valence-corrected chi connectivity index (χ2v) is 7.83. The minimum absolute atomic E-state index is 0.0822. The Kier molecular flexibility index (Phi) is 4.84. The first kappa shape index (κ1) is 20.8. The van der Waals surface area contributed by atoms with Crippen LogP contribution in [0.15, 0.2) is 16.5 Å². The van der Waals surface area contributed by atoms with E-state index in [4.69, 9.17) is 32.8 Å². The van der Waals surface area contributed by atoms with Crippen molar-refractivity contribution in [3.05, 3.63) is 23.7 Å². The van der Waals surface area contributed by atoms with E-state index >= 15 is 0 Å². The van der Waals surface area contributed by atoms with Gasteiger partial charge in [0.05, 0.1) is 13.2 Å². The molecule has 8 atom stereocenters. The summed E-state index contributed by atoms with van der Waals surface area (Å²) in [7, 11) is 0. The molecule has 4 saturated heterocycles. The number of aliphatic hydroxyl groups is 4. The molecule has 0 radical (unpaired) electrons. The van der Waals surface area contributed by atoms with Crippen molar-refractivity contribution in [3.63, 3.8) is 0 Å². The molecule has 0 amide bonds. The third kappa shape index (κ3) is 3.34. The van der Waals surface area contributed by atoms with E-state index in [1.165, 1.54) is 0 Å². The maximum Gasteiger partial charge on any atom is 0.376 e. The smallest absolute Gasteiger partial charge is 0.376 e. The quantitative estimate of drug-likeness (QED) is 0.278. The summed E-state index contributed by atoms with van der Waals surface area (Å²) in [6.45, 7) is -0.993. The van der Waals surface area contributed by atoms with Gasteiger partial charge in [-0.05, 0) is 12.1 Å². The Balaban J connectivity index is 1.24. The molecule has 4 aliphatic heterocycles. The lowest BCUT2D eigenvalue weighted by Crippen LogP contribution is -2.47. The minimum Gasteiger partial charge on any atom is -0.442 e. The first-order valence-electron chi connectivity index (χ1n) is 9.54. The molecule has 4 aliphatic rings. The minimum atomic E-state index is -2.14. The average Bonchev–Trinajstić information content (AvgIpc) is 3.50. The highest BCUT2D eigenvalue weighted by Gasteiger charge is 2.60. The second kappa shape index (κ2) is 7.21. The van der Waals surface area contributed by atoms with E-state index < -0.39 is 84.9 Å². The number of rotatable bonds is 4. The molecule has 1 aromatic rings. The molecule has 31 heavy (non-hydrogen) atoms. The number of aliphatic hydroxyl groups excluding tert-OH is 2. The molecule has 1 aromatic heterocycles. The molecule has 5 rings (SSSR count). The van der Waals surface area contributed by atoms with Gasteiger partial charge in [0.15, 0.2) is 12.2 Å². The van der Waals surface area contributed by atoms with Crippen LogP contribution < -0.4 is 0 Å². The third-order valence-corrected chi connectivity index (χ3v) is 5.65. The Morgan fingerprint density at radius 2 is 1.23 bits per heavy atom. The Bertz CT molecular complexity index is 815. The highest BCUT2D eigenvalue weighted by Crippen LogP contribution is 2.37. The molecule has 13 heteroatoms. The summed E-state index contributed by atoms with van der Waals surface area (Å²) >= 11 is 0. The second-order valence-electron chi connectivity index (χ2n) is 7.83. The molecule has 0 spiro atoms. The number of hydrogen-bond acceptors (Lipinski definition) is 13. The molecule has 0 aromatic carbocycles. The number of esters is 2. The Hall–Kier alpha value is -2.10. The predicted octanol–water partition coefficient (Wildman–Crippen LogP) is -2.71. The highest BCUT2D eigenvalue weighted by molar-refractivity contribution is 5.91. The zero-order chi connectivity index (χ0) is 22.0. The largest absolute Gasteiger partial charge is 0.442 e. The van der Waals surface area contributed by atoms with Gasteiger partial charge in [0.25, 0.3) is 11.6 Å². The molecule has 0 saturated carbocycles. The Labute approximate surface area is 173 Å². The van der Waals surface area contributed by atoms with Crippen LogP contribution in [0.3, 0.4) is 0 Å². The molecule has 170 valence electrons. The summed E-state index contributed by atoms with van der Waals surface area (Å²) in [6, 6.07) is 2.24. The van der Waals surface area contributed by atoms with E-state index in [-0.39, 0.29) is 13.2 Å². The first-order chi connectivity index (χ1) is 14.7. The highest BCUT2D eigenvalue weighted by atomic mass is 16.7. The summed E-state index contributed by atoms with van der Waals surface area (Å²) in [4.78, 5) is 24.8. The number of fused-ring (bicyclic) bond motifs is 2. The van der Waals surface area contributed by atoms with Crippen LogP contribution in [-0.2, 0) is 28.4 Å². The topological polar surface area (TPSA) is 184 Å². The standard InChI is InChI=1S/C18H20O13/c19-7-3-25-13-11(7)27-5-17(13,23)30-15(21)9-1-2-10(29-9)16(22)31-18(24)6-28-12-8(20)4-26-14(12)18/h1-2,7-8,11-14,19-20,23-24H,3-6H2/t7-,8-,11-,12-,13+,14+,17+,18+/m1/s1. The number of carbonyl (C=O) groups is 2. The monoisotopic (exact) mass is 444 g/mol. The molecule has 0 bridgehead atoms. The summed E-state index contributed by atoms with van der Waals surface area (Å²) in [5.41, 5.74) is 0. The van der Waals surface area contributed by atoms with Crippen LogP contribution in [-0.4, -0.2) is 107 Å². The van der Waals surface area contributed by atoms with Crippen LogP contribution in [0.2, 0.25) is 0 Å². The van der Waals surface area contributed by atoms with Gasteiger partial charge in [0.2, 0.25) is 11.5 Å². The van der Waals surface area contributed by atoms with Gasteiger partial charge in [0, 0.05) is 0 Å². The molecule has 4 N–H and O–H groups in total. The molecule has 0 aliphatic carbocycles. The van der Waals surface area contributed by atoms with Gasteiger partial charge in [-0.25, -0.2) is 9.59 Å². The number of furan rings is 1. The van der Waals surface area contributed by atoms with Gasteiger partial charge in [-0.3, -0.25) is 0 Å². The van der Waals surface area contributed by atoms with Gasteiger partial charge >= 0.3 is 11.9 Å². The fourth-order valence-corrected chi connectivity index (χ4v) is 4.11. The lowest BCUT2D eigenvalue weighted by atomic mass is 10.1. The summed E-state index contributed by atoms with van der Waals surface area (Å²) < 4.78 is 36.2. The number of carbonyl (C=O) groups excluding carboxylic acids is 2. The van der Waals surface area contributed by atoms with Crippen LogP contribution in [0.1, 0.15) is 21.1 Å². The summed E-state index contributed by atoms with van der Waals surface area (Å²) in [5.74, 6) is -7.36. The van der Waals surface area contributed by atoms with E-state index in [0.29, 0.717) is 0 Å². The van der Waals surface area contributed by atoms with E-state index in [1.807, 2.05) is 0 Å². The van der Waals surface area contributed by atoms with Crippen molar-refractivity contribution < 1.29 is 62.9 Å². The van der Waals surface area contributed by atoms with Crippen molar-refractivity contribution in [1.82, 2.24) is 0 Å². The Morgan fingerprint density at radius 3 is 1.65 bits per heavy atom. The van der Waals surface area contributed by atoms with Gasteiger partial charge in [0.1, 0.15) is 37.6 Å². The van der Waals surface area contributed by atoms with Crippen molar-refractivity contribution in [3.8, 4) is 0 Å². The van der Waals surface area contributed by atoms with Crippen LogP contribution in [0.5, 0.6) is 0 Å².